The maximum Gasteiger partial charge on any atom is 0.256 e. The second-order valence-electron chi connectivity index (χ2n) is 6.72. The van der Waals surface area contributed by atoms with E-state index < -0.39 is 0 Å². The van der Waals surface area contributed by atoms with Crippen LogP contribution in [-0.4, -0.2) is 4.57 Å². The zero-order chi connectivity index (χ0) is 15.3. The van der Waals surface area contributed by atoms with Gasteiger partial charge < -0.3 is 10.3 Å². The molecule has 22 heavy (non-hydrogen) atoms. The number of nitrogens with two attached hydrogens (primary N) is 1. The molecule has 3 heteroatoms. The van der Waals surface area contributed by atoms with Crippen molar-refractivity contribution in [2.45, 2.75) is 51.1 Å². The highest BCUT2D eigenvalue weighted by atomic mass is 16.1. The van der Waals surface area contributed by atoms with Gasteiger partial charge in [0.2, 0.25) is 0 Å². The van der Waals surface area contributed by atoms with Crippen LogP contribution in [0.2, 0.25) is 0 Å². The van der Waals surface area contributed by atoms with Gasteiger partial charge in [-0.25, -0.2) is 0 Å². The maximum absolute atomic E-state index is 13.0. The summed E-state index contributed by atoms with van der Waals surface area (Å²) in [6, 6.07) is 10.4. The van der Waals surface area contributed by atoms with Crippen LogP contribution in [-0.2, 0) is 12.8 Å². The lowest BCUT2D eigenvalue weighted by Crippen LogP contribution is -2.30. The molecule has 1 saturated carbocycles. The summed E-state index contributed by atoms with van der Waals surface area (Å²) in [6.45, 7) is 2.06. The van der Waals surface area contributed by atoms with E-state index in [1.165, 1.54) is 16.8 Å². The fraction of sp³-hybridized carbons (Fsp3) is 0.421. The van der Waals surface area contributed by atoms with Gasteiger partial charge in [-0.2, -0.15) is 0 Å². The van der Waals surface area contributed by atoms with Crippen molar-refractivity contribution in [3.63, 3.8) is 0 Å². The smallest absolute Gasteiger partial charge is 0.256 e. The zero-order valence-electron chi connectivity index (χ0n) is 13.0. The van der Waals surface area contributed by atoms with E-state index in [4.69, 9.17) is 5.73 Å². The van der Waals surface area contributed by atoms with Crippen LogP contribution in [0.5, 0.6) is 0 Å². The minimum atomic E-state index is -0.330. The third kappa shape index (κ3) is 2.20. The number of hydrogen-bond donors (Lipinski definition) is 1. The molecule has 2 N–H and O–H groups in total. The number of hydrogen-bond acceptors (Lipinski definition) is 2. The number of rotatable bonds is 3. The highest BCUT2D eigenvalue weighted by Crippen LogP contribution is 2.37. The van der Waals surface area contributed by atoms with Gasteiger partial charge in [0.15, 0.2) is 0 Å². The highest BCUT2D eigenvalue weighted by Gasteiger charge is 2.31. The highest BCUT2D eigenvalue weighted by molar-refractivity contribution is 5.38. The average Bonchev–Trinajstić information content (AvgIpc) is 3.24. The molecule has 0 saturated heterocycles. The normalized spacial score (nSPS) is 18.3. The Morgan fingerprint density at radius 3 is 2.59 bits per heavy atom. The SMILES string of the molecule is Cc1ccc(C(N)c2cc3c(n(C4CC4)c2=O)CCC3)cc1. The Balaban J connectivity index is 1.83. The summed E-state index contributed by atoms with van der Waals surface area (Å²) in [7, 11) is 0. The second-order valence-corrected chi connectivity index (χ2v) is 6.72. The summed E-state index contributed by atoms with van der Waals surface area (Å²) >= 11 is 0. The van der Waals surface area contributed by atoms with Gasteiger partial charge in [0.05, 0.1) is 6.04 Å². The number of nitrogens with zero attached hydrogens (tertiary/aromatic N) is 1. The Labute approximate surface area is 130 Å². The molecule has 1 aromatic heterocycles. The predicted octanol–water partition coefficient (Wildman–Crippen LogP) is 3.03. The van der Waals surface area contributed by atoms with Gasteiger partial charge in [0.25, 0.3) is 5.56 Å². The van der Waals surface area contributed by atoms with Crippen LogP contribution < -0.4 is 11.3 Å². The summed E-state index contributed by atoms with van der Waals surface area (Å²) < 4.78 is 2.06. The minimum absolute atomic E-state index is 0.135. The molecule has 0 bridgehead atoms. The van der Waals surface area contributed by atoms with E-state index in [0.717, 1.165) is 43.2 Å². The number of aromatic nitrogens is 1. The van der Waals surface area contributed by atoms with Gasteiger partial charge >= 0.3 is 0 Å². The third-order valence-electron chi connectivity index (χ3n) is 5.00. The Hall–Kier alpha value is -1.87. The van der Waals surface area contributed by atoms with Crippen molar-refractivity contribution in [1.82, 2.24) is 4.57 Å². The summed E-state index contributed by atoms with van der Waals surface area (Å²) in [5, 5.41) is 0. The zero-order valence-corrected chi connectivity index (χ0v) is 13.0. The van der Waals surface area contributed by atoms with Crippen LogP contribution in [0.15, 0.2) is 35.1 Å². The Bertz CT molecular complexity index is 769. The number of aryl methyl sites for hydroxylation is 2. The molecule has 114 valence electrons. The molecule has 0 aliphatic heterocycles. The third-order valence-corrected chi connectivity index (χ3v) is 5.00. The molecule has 2 aromatic rings. The van der Waals surface area contributed by atoms with E-state index >= 15 is 0 Å². The van der Waals surface area contributed by atoms with Gasteiger partial charge in [0, 0.05) is 17.3 Å². The van der Waals surface area contributed by atoms with Crippen molar-refractivity contribution in [3.8, 4) is 0 Å². The first-order valence-corrected chi connectivity index (χ1v) is 8.24. The van der Waals surface area contributed by atoms with Crippen LogP contribution in [0.3, 0.4) is 0 Å². The minimum Gasteiger partial charge on any atom is -0.320 e. The Kier molecular flexibility index (Phi) is 3.19. The summed E-state index contributed by atoms with van der Waals surface area (Å²) in [5.41, 5.74) is 12.2. The molecule has 0 amide bonds. The number of fused-ring (bicyclic) bond motifs is 1. The molecule has 2 aliphatic carbocycles. The van der Waals surface area contributed by atoms with E-state index in [1.807, 2.05) is 12.1 Å². The molecule has 4 rings (SSSR count). The van der Waals surface area contributed by atoms with Gasteiger partial charge in [-0.3, -0.25) is 4.79 Å². The van der Waals surface area contributed by atoms with E-state index in [2.05, 4.69) is 29.7 Å². The summed E-state index contributed by atoms with van der Waals surface area (Å²) in [4.78, 5) is 13.0. The molecule has 3 nitrogen and oxygen atoms in total. The van der Waals surface area contributed by atoms with Crippen LogP contribution in [0.4, 0.5) is 0 Å². The molecule has 0 radical (unpaired) electrons. The molecule has 1 aromatic carbocycles. The topological polar surface area (TPSA) is 48.0 Å². The molecule has 1 heterocycles. The summed E-state index contributed by atoms with van der Waals surface area (Å²) in [5.74, 6) is 0. The fourth-order valence-corrected chi connectivity index (χ4v) is 3.59. The van der Waals surface area contributed by atoms with Crippen molar-refractivity contribution in [3.05, 3.63) is 68.6 Å². The van der Waals surface area contributed by atoms with Crippen LogP contribution in [0, 0.1) is 6.92 Å². The van der Waals surface area contributed by atoms with E-state index in [9.17, 15) is 4.79 Å². The van der Waals surface area contributed by atoms with Gasteiger partial charge in [-0.15, -0.1) is 0 Å². The second kappa shape index (κ2) is 5.10. The molecular weight excluding hydrogens is 272 g/mol. The van der Waals surface area contributed by atoms with Crippen LogP contribution in [0.25, 0.3) is 0 Å². The molecule has 1 fully saturated rings. The first kappa shape index (κ1) is 13.8. The van der Waals surface area contributed by atoms with E-state index in [1.54, 1.807) is 0 Å². The van der Waals surface area contributed by atoms with Crippen molar-refractivity contribution in [1.29, 1.82) is 0 Å². The predicted molar refractivity (Wildman–Crippen MR) is 88.2 cm³/mol. The van der Waals surface area contributed by atoms with Crippen molar-refractivity contribution >= 4 is 0 Å². The molecule has 2 aliphatic rings. The first-order valence-electron chi connectivity index (χ1n) is 8.24. The number of benzene rings is 1. The Morgan fingerprint density at radius 1 is 1.18 bits per heavy atom. The number of pyridine rings is 1. The van der Waals surface area contributed by atoms with Crippen molar-refractivity contribution in [2.75, 3.05) is 0 Å². The van der Waals surface area contributed by atoms with Gasteiger partial charge in [0.1, 0.15) is 0 Å². The molecule has 1 unspecified atom stereocenters. The lowest BCUT2D eigenvalue weighted by atomic mass is 9.98. The monoisotopic (exact) mass is 294 g/mol. The quantitative estimate of drug-likeness (QED) is 0.946. The molecule has 0 spiro atoms. The van der Waals surface area contributed by atoms with E-state index in [-0.39, 0.29) is 11.6 Å². The van der Waals surface area contributed by atoms with Crippen LogP contribution in [0.1, 0.15) is 59.3 Å². The first-order chi connectivity index (χ1) is 10.6. The van der Waals surface area contributed by atoms with Crippen molar-refractivity contribution < 1.29 is 0 Å². The Morgan fingerprint density at radius 2 is 1.91 bits per heavy atom. The lowest BCUT2D eigenvalue weighted by Gasteiger charge is -2.18. The molecular formula is C19H22N2O. The maximum atomic E-state index is 13.0. The lowest BCUT2D eigenvalue weighted by molar-refractivity contribution is 0.648. The standard InChI is InChI=1S/C19H22N2O/c1-12-5-7-13(8-6-12)18(20)16-11-14-3-2-4-17(14)21(19(16)22)15-9-10-15/h5-8,11,15,18H,2-4,9-10,20H2,1H3. The summed E-state index contributed by atoms with van der Waals surface area (Å²) in [6.07, 6.45) is 5.55. The van der Waals surface area contributed by atoms with E-state index in [0.29, 0.717) is 6.04 Å². The van der Waals surface area contributed by atoms with Gasteiger partial charge in [-0.05, 0) is 56.2 Å². The van der Waals surface area contributed by atoms with Crippen LogP contribution >= 0.6 is 0 Å². The van der Waals surface area contributed by atoms with Gasteiger partial charge in [-0.1, -0.05) is 29.8 Å². The average molecular weight is 294 g/mol. The molecule has 1 atom stereocenters. The fourth-order valence-electron chi connectivity index (χ4n) is 3.59. The van der Waals surface area contributed by atoms with Crippen molar-refractivity contribution in [2.24, 2.45) is 5.73 Å². The largest absolute Gasteiger partial charge is 0.320 e.